The Hall–Kier alpha value is -4.52. The van der Waals surface area contributed by atoms with Crippen molar-refractivity contribution < 1.29 is 14.3 Å². The molecule has 176 valence electrons. The number of H-pyrrole nitrogens is 1. The van der Waals surface area contributed by atoms with E-state index in [1.165, 1.54) is 0 Å². The molecule has 7 heteroatoms. The zero-order chi connectivity index (χ0) is 24.2. The summed E-state index contributed by atoms with van der Waals surface area (Å²) in [5.74, 6) is 1.03. The molecule has 0 saturated carbocycles. The molecule has 1 aromatic heterocycles. The lowest BCUT2D eigenvalue weighted by Crippen LogP contribution is -2.10. The predicted molar refractivity (Wildman–Crippen MR) is 138 cm³/mol. The summed E-state index contributed by atoms with van der Waals surface area (Å²) in [5.41, 5.74) is 6.34. The van der Waals surface area contributed by atoms with Crippen molar-refractivity contribution in [3.63, 3.8) is 0 Å². The van der Waals surface area contributed by atoms with E-state index in [0.29, 0.717) is 41.7 Å². The summed E-state index contributed by atoms with van der Waals surface area (Å²) >= 11 is 0. The second-order valence-electron chi connectivity index (χ2n) is 7.94. The van der Waals surface area contributed by atoms with E-state index < -0.39 is 0 Å². The zero-order valence-corrected chi connectivity index (χ0v) is 19.6. The molecule has 0 unspecified atom stereocenters. The quantitative estimate of drug-likeness (QED) is 0.285. The smallest absolute Gasteiger partial charge is 0.258 e. The number of rotatable bonds is 8. The second kappa shape index (κ2) is 9.77. The van der Waals surface area contributed by atoms with Crippen LogP contribution >= 0.6 is 0 Å². The number of hydrogen-bond acceptors (Lipinski definition) is 5. The fraction of sp³-hybridized carbons (Fsp3) is 0.143. The molecule has 3 aromatic carbocycles. The fourth-order valence-corrected chi connectivity index (χ4v) is 4.13. The molecule has 1 aliphatic heterocycles. The van der Waals surface area contributed by atoms with Crippen LogP contribution in [0.15, 0.2) is 79.3 Å². The Morgan fingerprint density at radius 2 is 1.66 bits per heavy atom. The number of aromatic nitrogens is 2. The molecule has 0 aliphatic carbocycles. The van der Waals surface area contributed by atoms with Crippen LogP contribution in [0.4, 0.5) is 11.4 Å². The maximum atomic E-state index is 13.3. The lowest BCUT2D eigenvalue weighted by atomic mass is 9.99. The minimum Gasteiger partial charge on any atom is -0.490 e. The molecule has 0 fully saturated rings. The molecule has 0 radical (unpaired) electrons. The highest BCUT2D eigenvalue weighted by Gasteiger charge is 2.30. The van der Waals surface area contributed by atoms with Gasteiger partial charge in [-0.2, -0.15) is 0 Å². The number of nitrogens with one attached hydrogen (secondary N) is 3. The van der Waals surface area contributed by atoms with Crippen molar-refractivity contribution in [2.24, 2.45) is 0 Å². The molecule has 3 N–H and O–H groups in total. The molecular formula is C28H26N4O3. The summed E-state index contributed by atoms with van der Waals surface area (Å²) < 4.78 is 11.6. The molecule has 2 heterocycles. The predicted octanol–water partition coefficient (Wildman–Crippen LogP) is 5.81. The number of amides is 1. The molecule has 0 atom stereocenters. The molecule has 0 bridgehead atoms. The van der Waals surface area contributed by atoms with Crippen molar-refractivity contribution in [2.75, 3.05) is 23.8 Å². The first kappa shape index (κ1) is 22.3. The van der Waals surface area contributed by atoms with Gasteiger partial charge in [-0.15, -0.1) is 0 Å². The van der Waals surface area contributed by atoms with E-state index in [1.807, 2.05) is 86.8 Å². The first-order valence-electron chi connectivity index (χ1n) is 11.6. The summed E-state index contributed by atoms with van der Waals surface area (Å²) in [4.78, 5) is 20.6. The Labute approximate surface area is 203 Å². The Morgan fingerprint density at radius 3 is 2.31 bits per heavy atom. The first-order valence-corrected chi connectivity index (χ1v) is 11.6. The van der Waals surface area contributed by atoms with Gasteiger partial charge in [0, 0.05) is 29.1 Å². The molecule has 4 aromatic rings. The summed E-state index contributed by atoms with van der Waals surface area (Å²) in [7, 11) is 0. The molecule has 7 nitrogen and oxygen atoms in total. The summed E-state index contributed by atoms with van der Waals surface area (Å²) in [6, 6.07) is 21.5. The Bertz CT molecular complexity index is 1360. The molecule has 1 aliphatic rings. The molecule has 1 amide bonds. The maximum absolute atomic E-state index is 13.3. The summed E-state index contributed by atoms with van der Waals surface area (Å²) in [5, 5.41) is 6.49. The van der Waals surface area contributed by atoms with Crippen LogP contribution in [0.25, 0.3) is 22.5 Å². The molecule has 0 saturated heterocycles. The number of ether oxygens (including phenoxy) is 2. The number of imidazole rings is 1. The van der Waals surface area contributed by atoms with Gasteiger partial charge in [0.05, 0.1) is 42.2 Å². The molecule has 5 rings (SSSR count). The van der Waals surface area contributed by atoms with E-state index in [9.17, 15) is 4.79 Å². The van der Waals surface area contributed by atoms with E-state index >= 15 is 0 Å². The number of anilines is 2. The van der Waals surface area contributed by atoms with Gasteiger partial charge in [0.1, 0.15) is 0 Å². The number of hydrogen-bond donors (Lipinski definition) is 3. The molecule has 0 spiro atoms. The minimum absolute atomic E-state index is 0.185. The number of carbonyl (C=O) groups is 1. The SMILES string of the molecule is CCOc1cc2c(cc1OCC)/C(=C(/Nc1ccc(-c3c[nH]cn3)cc1)c1ccccc1)C(=O)N2. The van der Waals surface area contributed by atoms with Gasteiger partial charge in [0.15, 0.2) is 11.5 Å². The van der Waals surface area contributed by atoms with Crippen molar-refractivity contribution in [1.82, 2.24) is 9.97 Å². The maximum Gasteiger partial charge on any atom is 0.258 e. The van der Waals surface area contributed by atoms with Gasteiger partial charge >= 0.3 is 0 Å². The number of fused-ring (bicyclic) bond motifs is 1. The van der Waals surface area contributed by atoms with Crippen LogP contribution in [0.1, 0.15) is 25.0 Å². The van der Waals surface area contributed by atoms with Crippen molar-refractivity contribution in [2.45, 2.75) is 13.8 Å². The Kier molecular flexibility index (Phi) is 6.22. The van der Waals surface area contributed by atoms with Crippen molar-refractivity contribution in [3.8, 4) is 22.8 Å². The average molecular weight is 467 g/mol. The van der Waals surface area contributed by atoms with Gasteiger partial charge in [-0.05, 0) is 37.6 Å². The van der Waals surface area contributed by atoms with Crippen LogP contribution in [0.3, 0.4) is 0 Å². The first-order chi connectivity index (χ1) is 17.2. The topological polar surface area (TPSA) is 88.3 Å². The highest BCUT2D eigenvalue weighted by Crippen LogP contribution is 2.43. The number of carbonyl (C=O) groups excluding carboxylic acids is 1. The van der Waals surface area contributed by atoms with E-state index in [-0.39, 0.29) is 5.91 Å². The number of nitrogens with zero attached hydrogens (tertiary/aromatic N) is 1. The van der Waals surface area contributed by atoms with Crippen LogP contribution in [0.2, 0.25) is 0 Å². The monoisotopic (exact) mass is 466 g/mol. The lowest BCUT2D eigenvalue weighted by molar-refractivity contribution is -0.110. The normalized spacial score (nSPS) is 13.7. The van der Waals surface area contributed by atoms with Crippen LogP contribution < -0.4 is 20.1 Å². The number of aromatic amines is 1. The largest absolute Gasteiger partial charge is 0.490 e. The molecule has 35 heavy (non-hydrogen) atoms. The van der Waals surface area contributed by atoms with Crippen LogP contribution in [-0.2, 0) is 4.79 Å². The van der Waals surface area contributed by atoms with E-state index in [2.05, 4.69) is 20.6 Å². The average Bonchev–Trinajstić information content (AvgIpc) is 3.52. The highest BCUT2D eigenvalue weighted by atomic mass is 16.5. The third kappa shape index (κ3) is 4.48. The Morgan fingerprint density at radius 1 is 0.943 bits per heavy atom. The number of benzene rings is 3. The summed E-state index contributed by atoms with van der Waals surface area (Å²) in [6.07, 6.45) is 3.51. The third-order valence-corrected chi connectivity index (χ3v) is 5.69. The lowest BCUT2D eigenvalue weighted by Gasteiger charge is -2.16. The minimum atomic E-state index is -0.185. The second-order valence-corrected chi connectivity index (χ2v) is 7.94. The zero-order valence-electron chi connectivity index (χ0n) is 19.6. The van der Waals surface area contributed by atoms with Gasteiger partial charge in [0.25, 0.3) is 5.91 Å². The standard InChI is InChI=1S/C28H26N4O3/c1-3-34-24-14-21-22(15-25(24)35-4-2)32-28(33)26(21)27(19-8-6-5-7-9-19)31-20-12-10-18(11-13-20)23-16-29-17-30-23/h5-17,31H,3-4H2,1-2H3,(H,29,30)(H,32,33)/b27-26-. The van der Waals surface area contributed by atoms with Crippen molar-refractivity contribution >= 4 is 28.6 Å². The van der Waals surface area contributed by atoms with Gasteiger partial charge in [-0.1, -0.05) is 42.5 Å². The van der Waals surface area contributed by atoms with E-state index in [0.717, 1.165) is 28.1 Å². The van der Waals surface area contributed by atoms with Gasteiger partial charge in [-0.3, -0.25) is 4.79 Å². The van der Waals surface area contributed by atoms with Crippen molar-refractivity contribution in [3.05, 3.63) is 90.4 Å². The van der Waals surface area contributed by atoms with Crippen LogP contribution in [0, 0.1) is 0 Å². The van der Waals surface area contributed by atoms with Gasteiger partial charge in [-0.25, -0.2) is 4.98 Å². The third-order valence-electron chi connectivity index (χ3n) is 5.69. The van der Waals surface area contributed by atoms with E-state index in [4.69, 9.17) is 9.47 Å². The van der Waals surface area contributed by atoms with Gasteiger partial charge < -0.3 is 25.1 Å². The van der Waals surface area contributed by atoms with Crippen molar-refractivity contribution in [1.29, 1.82) is 0 Å². The van der Waals surface area contributed by atoms with Crippen LogP contribution in [0.5, 0.6) is 11.5 Å². The fourth-order valence-electron chi connectivity index (χ4n) is 4.13. The van der Waals surface area contributed by atoms with Crippen LogP contribution in [-0.4, -0.2) is 29.1 Å². The summed E-state index contributed by atoms with van der Waals surface area (Å²) in [6.45, 7) is 4.83. The molecular weight excluding hydrogens is 440 g/mol. The highest BCUT2D eigenvalue weighted by molar-refractivity contribution is 6.37. The van der Waals surface area contributed by atoms with E-state index in [1.54, 1.807) is 6.33 Å². The van der Waals surface area contributed by atoms with Gasteiger partial charge in [0.2, 0.25) is 0 Å². The Balaban J connectivity index is 1.61.